The Morgan fingerprint density at radius 3 is 0.500 bits per heavy atom. The van der Waals surface area contributed by atoms with Crippen molar-refractivity contribution in [1.82, 2.24) is 0 Å². The van der Waals surface area contributed by atoms with E-state index in [1.165, 1.54) is 0 Å². The van der Waals surface area contributed by atoms with Crippen LogP contribution in [-0.2, 0) is 0 Å². The van der Waals surface area contributed by atoms with Crippen LogP contribution in [0.2, 0.25) is 0 Å². The van der Waals surface area contributed by atoms with E-state index in [9.17, 15) is 0 Å². The van der Waals surface area contributed by atoms with Crippen LogP contribution in [0.15, 0.2) is 0 Å². The van der Waals surface area contributed by atoms with E-state index >= 15 is 0 Å². The molecule has 6 heteroatoms. The van der Waals surface area contributed by atoms with Gasteiger partial charge in [-0.1, -0.05) is 0 Å². The Hall–Kier alpha value is 2.57. The van der Waals surface area contributed by atoms with Crippen molar-refractivity contribution in [2.24, 2.45) is 0 Å². The fourth-order valence-corrected chi connectivity index (χ4v) is 0. The SMILES string of the molecule is O.O.O.[BiH3].[BiH3].[PbH2]. The first-order valence-corrected chi connectivity index (χ1v) is 0. The molecule has 3 nitrogen and oxygen atoms in total. The van der Waals surface area contributed by atoms with E-state index < -0.39 is 0 Å². The third kappa shape index (κ3) is 30.9. The quantitative estimate of drug-likeness (QED) is 0.228. The zero-order valence-corrected chi connectivity index (χ0v) is 20.1. The van der Waals surface area contributed by atoms with Gasteiger partial charge in [-0.25, -0.2) is 0 Å². The van der Waals surface area contributed by atoms with Crippen molar-refractivity contribution >= 4 is 79.7 Å². The second-order valence-electron chi connectivity index (χ2n) is 0. The summed E-state index contributed by atoms with van der Waals surface area (Å²) < 4.78 is 0. The molecule has 2 radical (unpaired) electrons. The van der Waals surface area contributed by atoms with Gasteiger partial charge in [-0.15, -0.1) is 0 Å². The molecule has 0 aliphatic heterocycles. The van der Waals surface area contributed by atoms with Gasteiger partial charge in [0.25, 0.3) is 0 Å². The van der Waals surface area contributed by atoms with Gasteiger partial charge in [-0.2, -0.15) is 0 Å². The number of hydrogen-bond donors (Lipinski definition) is 0. The molecule has 0 aromatic rings. The molecule has 0 saturated heterocycles. The van der Waals surface area contributed by atoms with Crippen LogP contribution in [0, 0.1) is 0 Å². The first-order valence-electron chi connectivity index (χ1n) is 0. The van der Waals surface area contributed by atoms with Gasteiger partial charge in [0.15, 0.2) is 0 Å². The molecule has 6 N–H and O–H groups in total. The van der Waals surface area contributed by atoms with E-state index in [1.807, 2.05) is 0 Å². The summed E-state index contributed by atoms with van der Waals surface area (Å²) in [6.07, 6.45) is 0. The molecule has 46 valence electrons. The van der Waals surface area contributed by atoms with Gasteiger partial charge in [0.1, 0.15) is 0 Å². The summed E-state index contributed by atoms with van der Waals surface area (Å²) in [4.78, 5) is 0. The Labute approximate surface area is 94.6 Å². The summed E-state index contributed by atoms with van der Waals surface area (Å²) in [5.74, 6) is 0. The third-order valence-corrected chi connectivity index (χ3v) is 0. The molecule has 0 atom stereocenters. The number of rotatable bonds is 0. The van der Waals surface area contributed by atoms with Crippen LogP contribution in [0.4, 0.5) is 0 Å². The van der Waals surface area contributed by atoms with Gasteiger partial charge in [-0.3, -0.25) is 0 Å². The number of hydrogen-bond acceptors (Lipinski definition) is 0. The van der Waals surface area contributed by atoms with Crippen molar-refractivity contribution in [3.8, 4) is 0 Å². The zero-order chi connectivity index (χ0) is 0. The summed E-state index contributed by atoms with van der Waals surface area (Å²) in [7, 11) is 0. The average molecular weight is 687 g/mol. The van der Waals surface area contributed by atoms with Crippen molar-refractivity contribution in [2.75, 3.05) is 0 Å². The van der Waals surface area contributed by atoms with Gasteiger partial charge in [0, 0.05) is 0 Å². The van der Waals surface area contributed by atoms with E-state index in [4.69, 9.17) is 0 Å². The van der Waals surface area contributed by atoms with Crippen LogP contribution in [-0.4, -0.2) is 96.1 Å². The minimum atomic E-state index is 0. The normalized spacial score (nSPS) is 0. The molecule has 0 heterocycles. The Morgan fingerprint density at radius 1 is 0.500 bits per heavy atom. The first kappa shape index (κ1) is 74.4. The van der Waals surface area contributed by atoms with Crippen LogP contribution in [0.5, 0.6) is 0 Å². The zero-order valence-electron chi connectivity index (χ0n) is 3.62. The Balaban J connectivity index is 0. The fourth-order valence-electron chi connectivity index (χ4n) is 0. The summed E-state index contributed by atoms with van der Waals surface area (Å²) >= 11 is 0. The second-order valence-corrected chi connectivity index (χ2v) is 0. The van der Waals surface area contributed by atoms with Gasteiger partial charge in [-0.05, 0) is 0 Å². The first-order chi connectivity index (χ1) is 0. The Kier molecular flexibility index (Phi) is 614. The molecular weight excluding hydrogens is 673 g/mol. The van der Waals surface area contributed by atoms with Crippen LogP contribution >= 0.6 is 0 Å². The summed E-state index contributed by atoms with van der Waals surface area (Å²) in [5, 5.41) is 0. The summed E-state index contributed by atoms with van der Waals surface area (Å²) in [5.41, 5.74) is 0. The minimum absolute atomic E-state index is 0. The topological polar surface area (TPSA) is 94.5 Å². The van der Waals surface area contributed by atoms with Crippen LogP contribution < -0.4 is 0 Å². The molecule has 0 aromatic heterocycles. The molecule has 0 aliphatic rings. The Morgan fingerprint density at radius 2 is 0.500 bits per heavy atom. The van der Waals surface area contributed by atoms with Crippen LogP contribution in [0.1, 0.15) is 0 Å². The van der Waals surface area contributed by atoms with Crippen molar-refractivity contribution in [3.63, 3.8) is 0 Å². The Bertz CT molecular complexity index is 8.75. The average Bonchev–Trinajstić information content (AvgIpc) is 0. The molecule has 6 heavy (non-hydrogen) atoms. The van der Waals surface area contributed by atoms with Crippen molar-refractivity contribution < 1.29 is 16.4 Å². The standard InChI is InChI=1S/2Bi.3H2O.Pb.8H/h;;3*1H2;;;;;;;;;. The van der Waals surface area contributed by atoms with Crippen LogP contribution in [0.3, 0.4) is 0 Å². The second kappa shape index (κ2) is 49.5. The van der Waals surface area contributed by atoms with Crippen LogP contribution in [0.25, 0.3) is 0 Å². The fraction of sp³-hybridized carbons (Fsp3) is 0. The summed E-state index contributed by atoms with van der Waals surface area (Å²) in [6, 6.07) is 0. The third-order valence-electron chi connectivity index (χ3n) is 0. The van der Waals surface area contributed by atoms with Crippen molar-refractivity contribution in [2.45, 2.75) is 0 Å². The maximum absolute atomic E-state index is 0. The van der Waals surface area contributed by atoms with E-state index in [2.05, 4.69) is 0 Å². The predicted octanol–water partition coefficient (Wildman–Crippen LogP) is -5.76. The maximum atomic E-state index is 0. The van der Waals surface area contributed by atoms with E-state index in [0.717, 1.165) is 0 Å². The van der Waals surface area contributed by atoms with Gasteiger partial charge in [0.05, 0.1) is 0 Å². The molecule has 0 amide bonds. The molecular formula is H14Bi2O3Pb. The predicted molar refractivity (Wildman–Crippen MR) is 39.3 cm³/mol. The van der Waals surface area contributed by atoms with E-state index in [-0.39, 0.29) is 96.1 Å². The molecule has 0 aromatic carbocycles. The van der Waals surface area contributed by atoms with Gasteiger partial charge < -0.3 is 16.4 Å². The molecule has 0 saturated carbocycles. The van der Waals surface area contributed by atoms with E-state index in [1.54, 1.807) is 0 Å². The van der Waals surface area contributed by atoms with E-state index in [0.29, 0.717) is 0 Å². The molecule has 0 spiro atoms. The molecule has 0 aliphatic carbocycles. The van der Waals surface area contributed by atoms with Crippen molar-refractivity contribution in [3.05, 3.63) is 0 Å². The summed E-state index contributed by atoms with van der Waals surface area (Å²) in [6.45, 7) is 0. The van der Waals surface area contributed by atoms with Crippen molar-refractivity contribution in [1.29, 1.82) is 0 Å². The monoisotopic (exact) mass is 688 g/mol. The van der Waals surface area contributed by atoms with Gasteiger partial charge >= 0.3 is 79.7 Å². The molecule has 0 fully saturated rings. The van der Waals surface area contributed by atoms with Gasteiger partial charge in [0.2, 0.25) is 0 Å². The molecule has 0 rings (SSSR count). The molecule has 0 bridgehead atoms. The molecule has 0 unspecified atom stereocenters.